The van der Waals surface area contributed by atoms with Gasteiger partial charge >= 0.3 is 6.18 Å². The number of halogens is 3. The molecule has 0 saturated heterocycles. The zero-order valence-corrected chi connectivity index (χ0v) is 11.9. The van der Waals surface area contributed by atoms with Gasteiger partial charge in [-0.05, 0) is 25.1 Å². The van der Waals surface area contributed by atoms with Crippen LogP contribution in [-0.2, 0) is 13.2 Å². The molecule has 4 nitrogen and oxygen atoms in total. The van der Waals surface area contributed by atoms with Crippen LogP contribution in [0.1, 0.15) is 36.5 Å². The Bertz CT molecular complexity index is 575. The monoisotopic (exact) mass is 298 g/mol. The Morgan fingerprint density at radius 3 is 2.52 bits per heavy atom. The summed E-state index contributed by atoms with van der Waals surface area (Å²) >= 11 is 0. The fourth-order valence-electron chi connectivity index (χ4n) is 2.02. The number of hydrogen-bond donors (Lipinski definition) is 1. The molecule has 0 aliphatic rings. The molecule has 0 radical (unpaired) electrons. The Morgan fingerprint density at radius 2 is 2.05 bits per heavy atom. The molecule has 1 N–H and O–H groups in total. The van der Waals surface area contributed by atoms with Gasteiger partial charge in [-0.25, -0.2) is 4.98 Å². The second kappa shape index (κ2) is 6.26. The molecule has 0 bridgehead atoms. The molecule has 0 aromatic carbocycles. The summed E-state index contributed by atoms with van der Waals surface area (Å²) in [4.78, 5) is 8.21. The number of rotatable bonds is 5. The minimum absolute atomic E-state index is 0.327. The van der Waals surface area contributed by atoms with Crippen LogP contribution in [0.2, 0.25) is 0 Å². The minimum Gasteiger partial charge on any atom is -0.336 e. The molecule has 0 fully saturated rings. The van der Waals surface area contributed by atoms with Crippen molar-refractivity contribution in [2.45, 2.75) is 25.6 Å². The lowest BCUT2D eigenvalue weighted by molar-refractivity contribution is -0.137. The van der Waals surface area contributed by atoms with Gasteiger partial charge in [0.05, 0.1) is 11.3 Å². The lowest BCUT2D eigenvalue weighted by atomic mass is 10.1. The van der Waals surface area contributed by atoms with Gasteiger partial charge in [-0.1, -0.05) is 6.92 Å². The van der Waals surface area contributed by atoms with Crippen LogP contribution in [0.4, 0.5) is 13.2 Å². The Balaban J connectivity index is 2.31. The second-order valence-corrected chi connectivity index (χ2v) is 4.75. The minimum atomic E-state index is -4.37. The number of alkyl halides is 3. The summed E-state index contributed by atoms with van der Waals surface area (Å²) in [5.74, 6) is 0.718. The highest BCUT2D eigenvalue weighted by Crippen LogP contribution is 2.29. The molecule has 1 atom stereocenters. The first kappa shape index (κ1) is 15.5. The molecular formula is C14H17F3N4. The highest BCUT2D eigenvalue weighted by atomic mass is 19.4. The maximum atomic E-state index is 12.6. The van der Waals surface area contributed by atoms with Crippen molar-refractivity contribution in [2.24, 2.45) is 7.05 Å². The molecule has 2 rings (SSSR count). The van der Waals surface area contributed by atoms with Crippen molar-refractivity contribution >= 4 is 0 Å². The second-order valence-electron chi connectivity index (χ2n) is 4.75. The molecule has 21 heavy (non-hydrogen) atoms. The lowest BCUT2D eigenvalue weighted by Gasteiger charge is -2.18. The summed E-state index contributed by atoms with van der Waals surface area (Å²) in [6, 6.07) is 2.11. The number of nitrogens with one attached hydrogen (secondary N) is 1. The van der Waals surface area contributed by atoms with Crippen LogP contribution >= 0.6 is 0 Å². The zero-order valence-electron chi connectivity index (χ0n) is 11.9. The number of imidazole rings is 1. The normalized spacial score (nSPS) is 13.4. The standard InChI is InChI=1S/C14H17F3N4/c1-3-6-18-12(13-19-7-8-21(13)2)11-5-4-10(9-20-11)14(15,16)17/h4-5,7-9,12,18H,3,6H2,1-2H3. The first-order valence-corrected chi connectivity index (χ1v) is 6.67. The molecule has 0 aliphatic carbocycles. The molecule has 0 spiro atoms. The van der Waals surface area contributed by atoms with Gasteiger partial charge < -0.3 is 9.88 Å². The van der Waals surface area contributed by atoms with Crippen LogP contribution in [0, 0.1) is 0 Å². The fraction of sp³-hybridized carbons (Fsp3) is 0.429. The summed E-state index contributed by atoms with van der Waals surface area (Å²) in [5, 5.41) is 3.26. The third-order valence-corrected chi connectivity index (χ3v) is 3.12. The van der Waals surface area contributed by atoms with Crippen LogP contribution in [0.15, 0.2) is 30.7 Å². The van der Waals surface area contributed by atoms with Gasteiger partial charge in [0, 0.05) is 25.6 Å². The van der Waals surface area contributed by atoms with E-state index >= 15 is 0 Å². The van der Waals surface area contributed by atoms with Crippen molar-refractivity contribution in [3.63, 3.8) is 0 Å². The van der Waals surface area contributed by atoms with Crippen LogP contribution in [-0.4, -0.2) is 21.1 Å². The summed E-state index contributed by atoms with van der Waals surface area (Å²) in [7, 11) is 1.84. The third kappa shape index (κ3) is 3.60. The Kier molecular flexibility index (Phi) is 4.62. The predicted molar refractivity (Wildman–Crippen MR) is 72.6 cm³/mol. The lowest BCUT2D eigenvalue weighted by Crippen LogP contribution is -2.26. The number of hydrogen-bond acceptors (Lipinski definition) is 3. The average molecular weight is 298 g/mol. The van der Waals surface area contributed by atoms with Gasteiger partial charge in [0.1, 0.15) is 11.9 Å². The van der Waals surface area contributed by atoms with Gasteiger partial charge in [0.15, 0.2) is 0 Å². The van der Waals surface area contributed by atoms with E-state index < -0.39 is 11.7 Å². The van der Waals surface area contributed by atoms with Gasteiger partial charge in [0.2, 0.25) is 0 Å². The van der Waals surface area contributed by atoms with Crippen molar-refractivity contribution in [2.75, 3.05) is 6.54 Å². The Morgan fingerprint density at radius 1 is 1.29 bits per heavy atom. The molecule has 2 aromatic rings. The fourth-order valence-corrected chi connectivity index (χ4v) is 2.02. The van der Waals surface area contributed by atoms with E-state index in [0.717, 1.165) is 31.1 Å². The smallest absolute Gasteiger partial charge is 0.336 e. The van der Waals surface area contributed by atoms with E-state index in [0.29, 0.717) is 5.69 Å². The van der Waals surface area contributed by atoms with E-state index in [-0.39, 0.29) is 6.04 Å². The molecule has 7 heteroatoms. The first-order valence-electron chi connectivity index (χ1n) is 6.67. The third-order valence-electron chi connectivity index (χ3n) is 3.12. The molecule has 0 amide bonds. The summed E-state index contributed by atoms with van der Waals surface area (Å²) < 4.78 is 39.6. The first-order chi connectivity index (χ1) is 9.93. The van der Waals surface area contributed by atoms with E-state index in [1.165, 1.54) is 6.07 Å². The summed E-state index contributed by atoms with van der Waals surface area (Å²) in [5.41, 5.74) is -0.230. The van der Waals surface area contributed by atoms with E-state index in [1.54, 1.807) is 12.4 Å². The van der Waals surface area contributed by atoms with E-state index in [4.69, 9.17) is 0 Å². The Hall–Kier alpha value is -1.89. The van der Waals surface area contributed by atoms with Crippen molar-refractivity contribution < 1.29 is 13.2 Å². The largest absolute Gasteiger partial charge is 0.417 e. The Labute approximate surface area is 121 Å². The number of aromatic nitrogens is 3. The zero-order chi connectivity index (χ0) is 15.5. The number of nitrogens with zero attached hydrogens (tertiary/aromatic N) is 3. The average Bonchev–Trinajstić information content (AvgIpc) is 2.85. The predicted octanol–water partition coefficient (Wildman–Crippen LogP) is 2.92. The SMILES string of the molecule is CCCNC(c1ccc(C(F)(F)F)cn1)c1nccn1C. The summed E-state index contributed by atoms with van der Waals surface area (Å²) in [6.07, 6.45) is 0.835. The quantitative estimate of drug-likeness (QED) is 0.923. The number of aryl methyl sites for hydroxylation is 1. The molecule has 2 aromatic heterocycles. The van der Waals surface area contributed by atoms with Crippen molar-refractivity contribution in [1.82, 2.24) is 19.9 Å². The highest BCUT2D eigenvalue weighted by molar-refractivity contribution is 5.23. The molecule has 2 heterocycles. The van der Waals surface area contributed by atoms with Crippen molar-refractivity contribution in [1.29, 1.82) is 0 Å². The summed E-state index contributed by atoms with van der Waals surface area (Å²) in [6.45, 7) is 2.74. The molecule has 0 saturated carbocycles. The molecule has 0 aliphatic heterocycles. The topological polar surface area (TPSA) is 42.7 Å². The molecule has 1 unspecified atom stereocenters. The van der Waals surface area contributed by atoms with Crippen LogP contribution in [0.5, 0.6) is 0 Å². The van der Waals surface area contributed by atoms with Gasteiger partial charge in [0.25, 0.3) is 0 Å². The van der Waals surface area contributed by atoms with Gasteiger partial charge in [-0.2, -0.15) is 13.2 Å². The maximum absolute atomic E-state index is 12.6. The molecule has 114 valence electrons. The van der Waals surface area contributed by atoms with Crippen LogP contribution in [0.3, 0.4) is 0 Å². The highest BCUT2D eigenvalue weighted by Gasteiger charge is 2.31. The van der Waals surface area contributed by atoms with Crippen LogP contribution in [0.25, 0.3) is 0 Å². The van der Waals surface area contributed by atoms with E-state index in [9.17, 15) is 13.2 Å². The van der Waals surface area contributed by atoms with Crippen LogP contribution < -0.4 is 5.32 Å². The maximum Gasteiger partial charge on any atom is 0.417 e. The van der Waals surface area contributed by atoms with Crippen molar-refractivity contribution in [3.8, 4) is 0 Å². The van der Waals surface area contributed by atoms with E-state index in [1.807, 2.05) is 18.5 Å². The van der Waals surface area contributed by atoms with E-state index in [2.05, 4.69) is 15.3 Å². The number of pyridine rings is 1. The van der Waals surface area contributed by atoms with Gasteiger partial charge in [-0.3, -0.25) is 4.98 Å². The van der Waals surface area contributed by atoms with Crippen molar-refractivity contribution in [3.05, 3.63) is 47.8 Å². The van der Waals surface area contributed by atoms with Gasteiger partial charge in [-0.15, -0.1) is 0 Å². The molecular weight excluding hydrogens is 281 g/mol.